The zero-order valence-corrected chi connectivity index (χ0v) is 14.9. The number of aliphatic hydroxyl groups is 1. The van der Waals surface area contributed by atoms with Crippen LogP contribution in [0.4, 0.5) is 5.69 Å². The zero-order chi connectivity index (χ0) is 18.0. The maximum Gasteiger partial charge on any atom is 0.269 e. The lowest BCUT2D eigenvalue weighted by Gasteiger charge is -2.23. The summed E-state index contributed by atoms with van der Waals surface area (Å²) in [5.74, 6) is -0.169. The van der Waals surface area contributed by atoms with Crippen molar-refractivity contribution < 1.29 is 9.90 Å². The summed E-state index contributed by atoms with van der Waals surface area (Å²) in [4.78, 5) is 19.1. The molecular weight excluding hydrogens is 326 g/mol. The van der Waals surface area contributed by atoms with Crippen LogP contribution in [0.3, 0.4) is 0 Å². The van der Waals surface area contributed by atoms with Gasteiger partial charge in [-0.15, -0.1) is 0 Å². The third kappa shape index (κ3) is 3.44. The Balaban J connectivity index is 1.40. The van der Waals surface area contributed by atoms with Gasteiger partial charge >= 0.3 is 0 Å². The van der Waals surface area contributed by atoms with Gasteiger partial charge in [0, 0.05) is 36.9 Å². The van der Waals surface area contributed by atoms with Crippen LogP contribution in [0.2, 0.25) is 0 Å². The zero-order valence-electron chi connectivity index (χ0n) is 14.9. The van der Waals surface area contributed by atoms with Crippen molar-refractivity contribution in [3.8, 4) is 0 Å². The number of amides is 1. The van der Waals surface area contributed by atoms with Crippen LogP contribution < -0.4 is 10.2 Å². The van der Waals surface area contributed by atoms with Crippen LogP contribution in [0.25, 0.3) is 0 Å². The largest absolute Gasteiger partial charge is 0.388 e. The van der Waals surface area contributed by atoms with E-state index >= 15 is 0 Å². The van der Waals surface area contributed by atoms with Gasteiger partial charge in [-0.3, -0.25) is 9.78 Å². The first-order valence-electron chi connectivity index (χ1n) is 9.40. The van der Waals surface area contributed by atoms with Gasteiger partial charge in [-0.1, -0.05) is 30.3 Å². The van der Waals surface area contributed by atoms with E-state index in [1.54, 1.807) is 6.20 Å². The van der Waals surface area contributed by atoms with E-state index in [2.05, 4.69) is 15.2 Å². The summed E-state index contributed by atoms with van der Waals surface area (Å²) in [6.07, 6.45) is 5.39. The summed E-state index contributed by atoms with van der Waals surface area (Å²) in [7, 11) is 0. The van der Waals surface area contributed by atoms with Crippen molar-refractivity contribution in [2.24, 2.45) is 5.41 Å². The minimum atomic E-state index is -0.548. The number of pyridine rings is 1. The topological polar surface area (TPSA) is 65.5 Å². The highest BCUT2D eigenvalue weighted by Crippen LogP contribution is 2.54. The molecule has 4 rings (SSSR count). The summed E-state index contributed by atoms with van der Waals surface area (Å²) in [5, 5.41) is 13.7. The summed E-state index contributed by atoms with van der Waals surface area (Å²) < 4.78 is 0. The Bertz CT molecular complexity index is 768. The number of nitrogens with one attached hydrogen (secondary N) is 1. The van der Waals surface area contributed by atoms with Crippen LogP contribution in [-0.4, -0.2) is 35.6 Å². The average Bonchev–Trinajstić information content (AvgIpc) is 3.29. The highest BCUT2D eigenvalue weighted by atomic mass is 16.3. The van der Waals surface area contributed by atoms with Crippen LogP contribution in [-0.2, 0) is 0 Å². The Labute approximate surface area is 154 Å². The van der Waals surface area contributed by atoms with Gasteiger partial charge in [-0.05, 0) is 43.4 Å². The van der Waals surface area contributed by atoms with Gasteiger partial charge in [0.25, 0.3) is 5.91 Å². The third-order valence-electron chi connectivity index (χ3n) is 5.64. The lowest BCUT2D eigenvalue weighted by atomic mass is 9.92. The second kappa shape index (κ2) is 7.08. The van der Waals surface area contributed by atoms with E-state index in [0.29, 0.717) is 12.2 Å². The van der Waals surface area contributed by atoms with Crippen molar-refractivity contribution in [3.63, 3.8) is 0 Å². The van der Waals surface area contributed by atoms with Gasteiger partial charge in [0.1, 0.15) is 5.69 Å². The quantitative estimate of drug-likeness (QED) is 0.840. The molecule has 5 heteroatoms. The summed E-state index contributed by atoms with van der Waals surface area (Å²) in [6.45, 7) is 2.55. The summed E-state index contributed by atoms with van der Waals surface area (Å²) in [6, 6.07) is 13.5. The number of rotatable bonds is 6. The molecule has 1 atom stereocenters. The minimum Gasteiger partial charge on any atom is -0.388 e. The van der Waals surface area contributed by atoms with Crippen molar-refractivity contribution >= 4 is 11.6 Å². The first-order valence-corrected chi connectivity index (χ1v) is 9.40. The first kappa shape index (κ1) is 17.0. The second-order valence-electron chi connectivity index (χ2n) is 7.45. The summed E-state index contributed by atoms with van der Waals surface area (Å²) in [5.41, 5.74) is 2.17. The highest BCUT2D eigenvalue weighted by Gasteiger charge is 2.49. The normalized spacial score (nSPS) is 19.2. The smallest absolute Gasteiger partial charge is 0.269 e. The van der Waals surface area contributed by atoms with Gasteiger partial charge in [-0.25, -0.2) is 0 Å². The van der Waals surface area contributed by atoms with Crippen molar-refractivity contribution in [1.82, 2.24) is 10.3 Å². The fourth-order valence-electron chi connectivity index (χ4n) is 3.76. The number of carbonyl (C=O) groups is 1. The van der Waals surface area contributed by atoms with E-state index in [9.17, 15) is 9.90 Å². The molecule has 0 bridgehead atoms. The van der Waals surface area contributed by atoms with Crippen LogP contribution in [0, 0.1) is 5.41 Å². The molecule has 1 saturated heterocycles. The van der Waals surface area contributed by atoms with Gasteiger partial charge in [0.05, 0.1) is 6.10 Å². The number of carbonyl (C=O) groups excluding carboxylic acids is 1. The fraction of sp³-hybridized carbons (Fsp3) is 0.429. The number of aliphatic hydroxyl groups excluding tert-OH is 1. The van der Waals surface area contributed by atoms with E-state index in [-0.39, 0.29) is 11.3 Å². The molecule has 2 aliphatic rings. The molecular formula is C21H25N3O2. The van der Waals surface area contributed by atoms with Crippen LogP contribution in [0.1, 0.15) is 47.8 Å². The van der Waals surface area contributed by atoms with Gasteiger partial charge < -0.3 is 15.3 Å². The Morgan fingerprint density at radius 1 is 1.19 bits per heavy atom. The Kier molecular flexibility index (Phi) is 4.64. The van der Waals surface area contributed by atoms with Crippen molar-refractivity contribution in [3.05, 3.63) is 59.9 Å². The van der Waals surface area contributed by atoms with Crippen molar-refractivity contribution in [2.75, 3.05) is 24.5 Å². The Morgan fingerprint density at radius 2 is 1.92 bits per heavy atom. The molecule has 2 heterocycles. The first-order chi connectivity index (χ1) is 12.7. The van der Waals surface area contributed by atoms with Crippen LogP contribution in [0.5, 0.6) is 0 Å². The Morgan fingerprint density at radius 3 is 2.62 bits per heavy atom. The standard InChI is InChI=1S/C21H25N3O2/c25-19(16-6-2-1-3-7-16)21(9-10-21)15-23-20(26)18-14-17(8-11-22-18)24-12-4-5-13-24/h1-3,6-8,11,14,19,25H,4-5,9-10,12-13,15H2,(H,23,26)/t19-/m1/s1. The lowest BCUT2D eigenvalue weighted by Crippen LogP contribution is -2.34. The van der Waals surface area contributed by atoms with E-state index in [4.69, 9.17) is 0 Å². The number of nitrogens with zero attached hydrogens (tertiary/aromatic N) is 2. The number of hydrogen-bond acceptors (Lipinski definition) is 4. The number of hydrogen-bond donors (Lipinski definition) is 2. The SMILES string of the molecule is O=C(NCC1([C@H](O)c2ccccc2)CC1)c1cc(N2CCCC2)ccn1. The molecule has 136 valence electrons. The Hall–Kier alpha value is -2.40. The lowest BCUT2D eigenvalue weighted by molar-refractivity contribution is 0.0805. The molecule has 0 radical (unpaired) electrons. The monoisotopic (exact) mass is 351 g/mol. The minimum absolute atomic E-state index is 0.169. The number of aromatic nitrogens is 1. The molecule has 26 heavy (non-hydrogen) atoms. The summed E-state index contributed by atoms with van der Waals surface area (Å²) >= 11 is 0. The van der Waals surface area contributed by atoms with Crippen molar-refractivity contribution in [1.29, 1.82) is 0 Å². The van der Waals surface area contributed by atoms with Gasteiger partial charge in [-0.2, -0.15) is 0 Å². The molecule has 2 fully saturated rings. The molecule has 1 aliphatic heterocycles. The molecule has 1 aliphatic carbocycles. The molecule has 2 N–H and O–H groups in total. The molecule has 1 aromatic carbocycles. The van der Waals surface area contributed by atoms with Crippen molar-refractivity contribution in [2.45, 2.75) is 31.8 Å². The van der Waals surface area contributed by atoms with E-state index in [0.717, 1.165) is 37.2 Å². The van der Waals surface area contributed by atoms with Crippen LogP contribution >= 0.6 is 0 Å². The molecule has 5 nitrogen and oxygen atoms in total. The molecule has 1 aromatic heterocycles. The number of anilines is 1. The highest BCUT2D eigenvalue weighted by molar-refractivity contribution is 5.93. The maximum atomic E-state index is 12.6. The molecule has 1 amide bonds. The van der Waals surface area contributed by atoms with E-state index in [1.165, 1.54) is 12.8 Å². The number of benzene rings is 1. The fourth-order valence-corrected chi connectivity index (χ4v) is 3.76. The van der Waals surface area contributed by atoms with E-state index < -0.39 is 6.10 Å². The van der Waals surface area contributed by atoms with Gasteiger partial charge in [0.2, 0.25) is 0 Å². The predicted octanol–water partition coefficient (Wildman–Crippen LogP) is 2.93. The molecule has 0 unspecified atom stereocenters. The maximum absolute atomic E-state index is 12.6. The molecule has 0 spiro atoms. The third-order valence-corrected chi connectivity index (χ3v) is 5.64. The van der Waals surface area contributed by atoms with Gasteiger partial charge in [0.15, 0.2) is 0 Å². The molecule has 2 aromatic rings. The second-order valence-corrected chi connectivity index (χ2v) is 7.45. The van der Waals surface area contributed by atoms with Crippen LogP contribution in [0.15, 0.2) is 48.7 Å². The predicted molar refractivity (Wildman–Crippen MR) is 101 cm³/mol. The molecule has 1 saturated carbocycles. The van der Waals surface area contributed by atoms with E-state index in [1.807, 2.05) is 42.5 Å². The average molecular weight is 351 g/mol.